The summed E-state index contributed by atoms with van der Waals surface area (Å²) in [6, 6.07) is 9.32. The summed E-state index contributed by atoms with van der Waals surface area (Å²) in [5.74, 6) is -0.362. The van der Waals surface area contributed by atoms with Crippen LogP contribution in [0.25, 0.3) is 0 Å². The molecule has 0 heterocycles. The maximum Gasteiger partial charge on any atom is 0.342 e. The van der Waals surface area contributed by atoms with Crippen LogP contribution in [0.4, 0.5) is 0 Å². The monoisotopic (exact) mass is 208 g/mol. The maximum absolute atomic E-state index is 11.7. The third kappa shape index (κ3) is 2.36. The molecule has 3 heteroatoms. The first-order chi connectivity index (χ1) is 7.15. The van der Waals surface area contributed by atoms with Crippen LogP contribution in [0.1, 0.15) is 19.4 Å². The summed E-state index contributed by atoms with van der Waals surface area (Å²) in [4.78, 5) is 11.7. The van der Waals surface area contributed by atoms with Crippen LogP contribution in [0, 0.1) is 0 Å². The summed E-state index contributed by atoms with van der Waals surface area (Å²) in [6.45, 7) is 3.84. The highest BCUT2D eigenvalue weighted by Gasteiger charge is 2.36. The Kier molecular flexibility index (Phi) is 3.86. The molecule has 0 aliphatic rings. The molecule has 82 valence electrons. The van der Waals surface area contributed by atoms with E-state index in [0.29, 0.717) is 6.61 Å². The van der Waals surface area contributed by atoms with Crippen LogP contribution in [0.2, 0.25) is 0 Å². The molecule has 0 aliphatic carbocycles. The third-order valence-electron chi connectivity index (χ3n) is 2.40. The van der Waals surface area contributed by atoms with Gasteiger partial charge in [0.15, 0.2) is 5.60 Å². The van der Waals surface area contributed by atoms with Crippen molar-refractivity contribution in [2.24, 2.45) is 0 Å². The molecule has 0 unspecified atom stereocenters. The van der Waals surface area contributed by atoms with E-state index in [1.807, 2.05) is 30.3 Å². The largest absolute Gasteiger partial charge is 0.464 e. The lowest BCUT2D eigenvalue weighted by Crippen LogP contribution is -2.36. The normalized spacial score (nSPS) is 14.3. The summed E-state index contributed by atoms with van der Waals surface area (Å²) in [5.41, 5.74) is -0.219. The van der Waals surface area contributed by atoms with Crippen LogP contribution < -0.4 is 0 Å². The Bertz CT molecular complexity index is 321. The number of hydrogen-bond donors (Lipinski definition) is 0. The topological polar surface area (TPSA) is 35.5 Å². The van der Waals surface area contributed by atoms with Gasteiger partial charge in [-0.3, -0.25) is 0 Å². The van der Waals surface area contributed by atoms with Gasteiger partial charge >= 0.3 is 5.97 Å². The lowest BCUT2D eigenvalue weighted by atomic mass is 9.96. The van der Waals surface area contributed by atoms with Crippen molar-refractivity contribution >= 4 is 5.97 Å². The van der Waals surface area contributed by atoms with Crippen molar-refractivity contribution in [1.29, 1.82) is 0 Å². The Labute approximate surface area is 90.0 Å². The minimum Gasteiger partial charge on any atom is -0.464 e. The Hall–Kier alpha value is -1.35. The van der Waals surface area contributed by atoms with E-state index in [-0.39, 0.29) is 5.97 Å². The van der Waals surface area contributed by atoms with Crippen molar-refractivity contribution in [3.63, 3.8) is 0 Å². The number of carbonyl (C=O) groups is 1. The molecule has 1 rings (SSSR count). The molecule has 0 bridgehead atoms. The SMILES string of the molecule is CCOC(=O)[C@](C)(OC)c1ccccc1. The van der Waals surface area contributed by atoms with E-state index in [1.165, 1.54) is 7.11 Å². The maximum atomic E-state index is 11.7. The molecule has 0 spiro atoms. The number of carbonyl (C=O) groups excluding carboxylic acids is 1. The zero-order valence-corrected chi connectivity index (χ0v) is 9.32. The van der Waals surface area contributed by atoms with E-state index < -0.39 is 5.60 Å². The first-order valence-electron chi connectivity index (χ1n) is 4.93. The van der Waals surface area contributed by atoms with Gasteiger partial charge in [0.25, 0.3) is 0 Å². The van der Waals surface area contributed by atoms with Gasteiger partial charge in [-0.15, -0.1) is 0 Å². The van der Waals surface area contributed by atoms with Crippen molar-refractivity contribution in [1.82, 2.24) is 0 Å². The van der Waals surface area contributed by atoms with Crippen LogP contribution in [0.15, 0.2) is 30.3 Å². The number of ether oxygens (including phenoxy) is 2. The number of benzene rings is 1. The summed E-state index contributed by atoms with van der Waals surface area (Å²) in [6.07, 6.45) is 0. The van der Waals surface area contributed by atoms with E-state index in [9.17, 15) is 4.79 Å². The van der Waals surface area contributed by atoms with E-state index in [2.05, 4.69) is 0 Å². The molecule has 0 aromatic heterocycles. The average Bonchev–Trinajstić information content (AvgIpc) is 2.29. The molecule has 1 aromatic rings. The van der Waals surface area contributed by atoms with Crippen LogP contribution in [0.3, 0.4) is 0 Å². The standard InChI is InChI=1S/C12H16O3/c1-4-15-11(13)12(2,14-3)10-8-6-5-7-9-10/h5-9H,4H2,1-3H3/t12-/m1/s1. The predicted molar refractivity (Wildman–Crippen MR) is 57.4 cm³/mol. The van der Waals surface area contributed by atoms with Crippen LogP contribution >= 0.6 is 0 Å². The predicted octanol–water partition coefficient (Wildman–Crippen LogP) is 2.11. The molecule has 0 N–H and O–H groups in total. The number of rotatable bonds is 4. The van der Waals surface area contributed by atoms with E-state index in [4.69, 9.17) is 9.47 Å². The second-order valence-corrected chi connectivity index (χ2v) is 3.32. The highest BCUT2D eigenvalue weighted by molar-refractivity contribution is 5.80. The molecule has 0 saturated carbocycles. The summed E-state index contributed by atoms with van der Waals surface area (Å²) in [5, 5.41) is 0. The van der Waals surface area contributed by atoms with Crippen LogP contribution in [0.5, 0.6) is 0 Å². The van der Waals surface area contributed by atoms with Crippen molar-refractivity contribution in [3.8, 4) is 0 Å². The smallest absolute Gasteiger partial charge is 0.342 e. The Morgan fingerprint density at radius 3 is 2.40 bits per heavy atom. The molecule has 0 radical (unpaired) electrons. The molecular weight excluding hydrogens is 192 g/mol. The van der Waals surface area contributed by atoms with Gasteiger partial charge in [0.1, 0.15) is 0 Å². The van der Waals surface area contributed by atoms with Gasteiger partial charge in [-0.05, 0) is 19.4 Å². The molecule has 0 aliphatic heterocycles. The Morgan fingerprint density at radius 2 is 1.93 bits per heavy atom. The van der Waals surface area contributed by atoms with Gasteiger partial charge in [-0.1, -0.05) is 30.3 Å². The van der Waals surface area contributed by atoms with E-state index in [1.54, 1.807) is 13.8 Å². The zero-order valence-electron chi connectivity index (χ0n) is 9.32. The lowest BCUT2D eigenvalue weighted by molar-refractivity contribution is -0.168. The van der Waals surface area contributed by atoms with Gasteiger partial charge in [0.05, 0.1) is 6.61 Å². The number of hydrogen-bond acceptors (Lipinski definition) is 3. The number of methoxy groups -OCH3 is 1. The number of esters is 1. The first kappa shape index (κ1) is 11.7. The van der Waals surface area contributed by atoms with E-state index in [0.717, 1.165) is 5.56 Å². The van der Waals surface area contributed by atoms with Crippen molar-refractivity contribution in [3.05, 3.63) is 35.9 Å². The Morgan fingerprint density at radius 1 is 1.33 bits per heavy atom. The molecule has 1 atom stereocenters. The first-order valence-corrected chi connectivity index (χ1v) is 4.93. The Balaban J connectivity index is 3.00. The van der Waals surface area contributed by atoms with E-state index >= 15 is 0 Å². The highest BCUT2D eigenvalue weighted by atomic mass is 16.6. The lowest BCUT2D eigenvalue weighted by Gasteiger charge is -2.25. The summed E-state index contributed by atoms with van der Waals surface area (Å²) < 4.78 is 10.3. The fourth-order valence-electron chi connectivity index (χ4n) is 1.34. The minimum absolute atomic E-state index is 0.352. The molecule has 0 saturated heterocycles. The van der Waals surface area contributed by atoms with Gasteiger partial charge in [0, 0.05) is 7.11 Å². The van der Waals surface area contributed by atoms with Crippen LogP contribution in [-0.4, -0.2) is 19.7 Å². The average molecular weight is 208 g/mol. The van der Waals surface area contributed by atoms with Gasteiger partial charge in [-0.2, -0.15) is 0 Å². The molecule has 0 fully saturated rings. The van der Waals surface area contributed by atoms with Crippen molar-refractivity contribution < 1.29 is 14.3 Å². The minimum atomic E-state index is -1.02. The van der Waals surface area contributed by atoms with Crippen molar-refractivity contribution in [2.45, 2.75) is 19.4 Å². The third-order valence-corrected chi connectivity index (χ3v) is 2.40. The summed E-state index contributed by atoms with van der Waals surface area (Å²) >= 11 is 0. The van der Waals surface area contributed by atoms with Crippen molar-refractivity contribution in [2.75, 3.05) is 13.7 Å². The molecular formula is C12H16O3. The van der Waals surface area contributed by atoms with Gasteiger partial charge in [-0.25, -0.2) is 4.79 Å². The zero-order chi connectivity index (χ0) is 11.3. The molecule has 3 nitrogen and oxygen atoms in total. The second kappa shape index (κ2) is 4.94. The van der Waals surface area contributed by atoms with Crippen LogP contribution in [-0.2, 0) is 19.9 Å². The fraction of sp³-hybridized carbons (Fsp3) is 0.417. The summed E-state index contributed by atoms with van der Waals surface area (Å²) in [7, 11) is 1.50. The van der Waals surface area contributed by atoms with Gasteiger partial charge < -0.3 is 9.47 Å². The quantitative estimate of drug-likeness (QED) is 0.711. The highest BCUT2D eigenvalue weighted by Crippen LogP contribution is 2.25. The molecule has 15 heavy (non-hydrogen) atoms. The van der Waals surface area contributed by atoms with Gasteiger partial charge in [0.2, 0.25) is 0 Å². The fourth-order valence-corrected chi connectivity index (χ4v) is 1.34. The molecule has 0 amide bonds. The second-order valence-electron chi connectivity index (χ2n) is 3.32. The molecule has 1 aromatic carbocycles.